The maximum absolute atomic E-state index is 13.0. The van der Waals surface area contributed by atoms with Crippen molar-refractivity contribution in [2.24, 2.45) is 0 Å². The summed E-state index contributed by atoms with van der Waals surface area (Å²) in [6, 6.07) is 8.84. The van der Waals surface area contributed by atoms with Gasteiger partial charge in [0.2, 0.25) is 0 Å². The topological polar surface area (TPSA) is 60.2 Å². The van der Waals surface area contributed by atoms with Crippen molar-refractivity contribution >= 4 is 15.5 Å². The highest BCUT2D eigenvalue weighted by Crippen LogP contribution is 2.19. The monoisotopic (exact) mass is 283 g/mol. The Morgan fingerprint density at radius 3 is 2.37 bits per heavy atom. The largest absolute Gasteiger partial charge is 0.399 e. The lowest BCUT2D eigenvalue weighted by Crippen LogP contribution is -2.06. The van der Waals surface area contributed by atoms with Crippen LogP contribution in [0.5, 0.6) is 0 Å². The molecule has 0 spiro atoms. The summed E-state index contributed by atoms with van der Waals surface area (Å²) in [7, 11) is -3.63. The number of nitrogen functional groups attached to an aromatic ring is 1. The fourth-order valence-electron chi connectivity index (χ4n) is 1.64. The Balaban J connectivity index is 2.33. The Kier molecular flexibility index (Phi) is 3.53. The third-order valence-corrected chi connectivity index (χ3v) is 4.24. The predicted octanol–water partition coefficient (Wildman–Crippen LogP) is 2.52. The fourth-order valence-corrected chi connectivity index (χ4v) is 3.03. The van der Waals surface area contributed by atoms with Crippen molar-refractivity contribution in [3.63, 3.8) is 0 Å². The first-order chi connectivity index (χ1) is 8.88. The van der Waals surface area contributed by atoms with Gasteiger partial charge in [0.15, 0.2) is 21.5 Å². The number of benzene rings is 2. The summed E-state index contributed by atoms with van der Waals surface area (Å²) in [5, 5.41) is 0. The highest BCUT2D eigenvalue weighted by Gasteiger charge is 2.16. The molecule has 0 aliphatic carbocycles. The van der Waals surface area contributed by atoms with Gasteiger partial charge in [-0.3, -0.25) is 0 Å². The smallest absolute Gasteiger partial charge is 0.182 e. The Labute approximate surface area is 109 Å². The molecule has 0 saturated heterocycles. The molecule has 0 bridgehead atoms. The van der Waals surface area contributed by atoms with E-state index in [-0.39, 0.29) is 10.5 Å². The molecule has 0 aromatic heterocycles. The molecule has 100 valence electrons. The van der Waals surface area contributed by atoms with Gasteiger partial charge < -0.3 is 5.73 Å². The molecule has 0 aliphatic heterocycles. The number of rotatable bonds is 3. The molecule has 3 nitrogen and oxygen atoms in total. The van der Waals surface area contributed by atoms with Crippen molar-refractivity contribution in [1.29, 1.82) is 0 Å². The zero-order valence-electron chi connectivity index (χ0n) is 9.81. The van der Waals surface area contributed by atoms with Gasteiger partial charge in [-0.15, -0.1) is 0 Å². The Bertz CT molecular complexity index is 714. The van der Waals surface area contributed by atoms with Crippen molar-refractivity contribution < 1.29 is 17.2 Å². The van der Waals surface area contributed by atoms with E-state index in [1.54, 1.807) is 6.07 Å². The lowest BCUT2D eigenvalue weighted by Gasteiger charge is -2.06. The normalized spacial score (nSPS) is 11.5. The van der Waals surface area contributed by atoms with E-state index >= 15 is 0 Å². The van der Waals surface area contributed by atoms with E-state index < -0.39 is 27.2 Å². The van der Waals surface area contributed by atoms with Crippen molar-refractivity contribution in [3.05, 3.63) is 59.7 Å². The van der Waals surface area contributed by atoms with Gasteiger partial charge in [-0.2, -0.15) is 0 Å². The number of nitrogens with two attached hydrogens (primary N) is 1. The van der Waals surface area contributed by atoms with Gasteiger partial charge >= 0.3 is 0 Å². The van der Waals surface area contributed by atoms with Crippen LogP contribution in [0.3, 0.4) is 0 Å². The maximum atomic E-state index is 13.0. The molecule has 2 N–H and O–H groups in total. The molecule has 19 heavy (non-hydrogen) atoms. The summed E-state index contributed by atoms with van der Waals surface area (Å²) in [5.41, 5.74) is 6.03. The first kappa shape index (κ1) is 13.5. The van der Waals surface area contributed by atoms with Crippen LogP contribution in [0, 0.1) is 11.6 Å². The second-order valence-corrected chi connectivity index (χ2v) is 6.07. The number of anilines is 1. The number of sulfone groups is 1. The molecule has 0 atom stereocenters. The first-order valence-electron chi connectivity index (χ1n) is 5.41. The van der Waals surface area contributed by atoms with E-state index in [9.17, 15) is 17.2 Å². The molecule has 0 unspecified atom stereocenters. The molecule has 2 aromatic rings. The average molecular weight is 283 g/mol. The van der Waals surface area contributed by atoms with E-state index in [1.165, 1.54) is 24.3 Å². The Hall–Kier alpha value is -1.95. The van der Waals surface area contributed by atoms with E-state index in [0.717, 1.165) is 12.1 Å². The highest BCUT2D eigenvalue weighted by atomic mass is 32.2. The van der Waals surface area contributed by atoms with Crippen LogP contribution in [0.25, 0.3) is 0 Å². The lowest BCUT2D eigenvalue weighted by molar-refractivity contribution is 0.507. The second-order valence-electron chi connectivity index (χ2n) is 4.08. The van der Waals surface area contributed by atoms with Crippen molar-refractivity contribution in [2.75, 3.05) is 5.73 Å². The predicted molar refractivity (Wildman–Crippen MR) is 68.1 cm³/mol. The van der Waals surface area contributed by atoms with Gasteiger partial charge in [0.05, 0.1) is 10.6 Å². The van der Waals surface area contributed by atoms with E-state index in [2.05, 4.69) is 0 Å². The van der Waals surface area contributed by atoms with Crippen molar-refractivity contribution in [2.45, 2.75) is 10.6 Å². The highest BCUT2D eigenvalue weighted by molar-refractivity contribution is 7.90. The Morgan fingerprint density at radius 1 is 1.00 bits per heavy atom. The zero-order valence-corrected chi connectivity index (χ0v) is 10.6. The molecule has 0 amide bonds. The molecule has 2 rings (SSSR count). The average Bonchev–Trinajstić information content (AvgIpc) is 2.33. The van der Waals surface area contributed by atoms with E-state index in [4.69, 9.17) is 5.73 Å². The SMILES string of the molecule is Nc1cccc(S(=O)(=O)Cc2ccc(F)c(F)c2)c1. The molecule has 0 radical (unpaired) electrons. The second kappa shape index (κ2) is 4.97. The zero-order chi connectivity index (χ0) is 14.0. The molecule has 0 fully saturated rings. The van der Waals surface area contributed by atoms with Gasteiger partial charge in [0.1, 0.15) is 0 Å². The van der Waals surface area contributed by atoms with E-state index in [1.807, 2.05) is 0 Å². The minimum absolute atomic E-state index is 0.0530. The Morgan fingerprint density at radius 2 is 1.74 bits per heavy atom. The molecular formula is C13H11F2NO2S. The molecule has 6 heteroatoms. The standard InChI is InChI=1S/C13H11F2NO2S/c14-12-5-4-9(6-13(12)15)8-19(17,18)11-3-1-2-10(16)7-11/h1-7H,8,16H2. The molecular weight excluding hydrogens is 272 g/mol. The van der Waals surface area contributed by atoms with Gasteiger partial charge in [-0.25, -0.2) is 17.2 Å². The van der Waals surface area contributed by atoms with E-state index in [0.29, 0.717) is 5.69 Å². The van der Waals surface area contributed by atoms with Gasteiger partial charge in [0, 0.05) is 5.69 Å². The number of hydrogen-bond acceptors (Lipinski definition) is 3. The van der Waals surface area contributed by atoms with Crippen LogP contribution in [0.4, 0.5) is 14.5 Å². The van der Waals surface area contributed by atoms with Gasteiger partial charge in [0.25, 0.3) is 0 Å². The third-order valence-electron chi connectivity index (χ3n) is 2.56. The number of halogens is 2. The third kappa shape index (κ3) is 3.08. The summed E-state index contributed by atoms with van der Waals surface area (Å²) < 4.78 is 50.0. The minimum Gasteiger partial charge on any atom is -0.399 e. The minimum atomic E-state index is -3.63. The molecule has 0 aliphatic rings. The summed E-state index contributed by atoms with van der Waals surface area (Å²) in [5.74, 6) is -2.49. The molecule has 0 heterocycles. The van der Waals surface area contributed by atoms with Crippen LogP contribution in [0.15, 0.2) is 47.4 Å². The van der Waals surface area contributed by atoms with Crippen LogP contribution >= 0.6 is 0 Å². The number of hydrogen-bond donors (Lipinski definition) is 1. The molecule has 0 saturated carbocycles. The first-order valence-corrected chi connectivity index (χ1v) is 7.06. The van der Waals surface area contributed by atoms with Gasteiger partial charge in [-0.1, -0.05) is 12.1 Å². The van der Waals surface area contributed by atoms with Crippen LogP contribution < -0.4 is 5.73 Å². The maximum Gasteiger partial charge on any atom is 0.182 e. The van der Waals surface area contributed by atoms with Crippen molar-refractivity contribution in [1.82, 2.24) is 0 Å². The van der Waals surface area contributed by atoms with Crippen molar-refractivity contribution in [3.8, 4) is 0 Å². The summed E-state index contributed by atoms with van der Waals surface area (Å²) in [4.78, 5) is 0.0530. The summed E-state index contributed by atoms with van der Waals surface area (Å²) in [6.45, 7) is 0. The van der Waals surface area contributed by atoms with Crippen LogP contribution in [0.2, 0.25) is 0 Å². The van der Waals surface area contributed by atoms with Gasteiger partial charge in [-0.05, 0) is 35.9 Å². The quantitative estimate of drug-likeness (QED) is 0.880. The summed E-state index contributed by atoms with van der Waals surface area (Å²) >= 11 is 0. The molecule has 2 aromatic carbocycles. The summed E-state index contributed by atoms with van der Waals surface area (Å²) in [6.07, 6.45) is 0. The fraction of sp³-hybridized carbons (Fsp3) is 0.0769. The van der Waals surface area contributed by atoms with Crippen LogP contribution in [-0.2, 0) is 15.6 Å². The lowest BCUT2D eigenvalue weighted by atomic mass is 10.2. The van der Waals surface area contributed by atoms with Crippen LogP contribution in [-0.4, -0.2) is 8.42 Å². The van der Waals surface area contributed by atoms with Crippen LogP contribution in [0.1, 0.15) is 5.56 Å².